The Kier molecular flexibility index (Phi) is 2.43. The first-order valence-electron chi connectivity index (χ1n) is 3.68. The third kappa shape index (κ3) is 1.73. The van der Waals surface area contributed by atoms with Crippen molar-refractivity contribution in [3.8, 4) is 11.4 Å². The highest BCUT2D eigenvalue weighted by atomic mass is 79.9. The molecule has 2 aromatic rings. The van der Waals surface area contributed by atoms with Crippen LogP contribution in [0, 0.1) is 0 Å². The molecule has 0 amide bonds. The molecule has 1 heterocycles. The second-order valence-electron chi connectivity index (χ2n) is 2.57. The molecule has 0 saturated carbocycles. The smallest absolute Gasteiger partial charge is 0.296 e. The van der Waals surface area contributed by atoms with Crippen molar-refractivity contribution in [3.05, 3.63) is 38.2 Å². The average Bonchev–Trinajstić information content (AvgIpc) is 2.57. The zero-order chi connectivity index (χ0) is 10.1. The fourth-order valence-electron chi connectivity index (χ4n) is 0.998. The molecule has 2 rings (SSSR count). The minimum atomic E-state index is -0.584. The van der Waals surface area contributed by atoms with E-state index in [1.54, 1.807) is 18.2 Å². The van der Waals surface area contributed by atoms with Crippen LogP contribution in [0.5, 0.6) is 0 Å². The fourth-order valence-corrected chi connectivity index (χ4v) is 1.42. The molecule has 6 heteroatoms. The number of hydrogen-bond donors (Lipinski definition) is 1. The molecule has 4 nitrogen and oxygen atoms in total. The molecule has 0 unspecified atom stereocenters. The summed E-state index contributed by atoms with van der Waals surface area (Å²) in [6, 6.07) is 5.22. The molecule has 0 bridgehead atoms. The van der Waals surface area contributed by atoms with Crippen molar-refractivity contribution >= 4 is 27.5 Å². The summed E-state index contributed by atoms with van der Waals surface area (Å²) in [6.45, 7) is 0. The Morgan fingerprint density at radius 2 is 2.29 bits per heavy atom. The number of aromatic amines is 1. The molecular weight excluding hydrogens is 271 g/mol. The Balaban J connectivity index is 2.52. The van der Waals surface area contributed by atoms with Crippen LogP contribution in [0.25, 0.3) is 11.4 Å². The van der Waals surface area contributed by atoms with E-state index in [4.69, 9.17) is 11.6 Å². The molecule has 1 aromatic heterocycles. The molecule has 72 valence electrons. The van der Waals surface area contributed by atoms with Crippen LogP contribution in [0.2, 0.25) is 5.02 Å². The summed E-state index contributed by atoms with van der Waals surface area (Å²) in [4.78, 5) is 13.1. The first-order valence-corrected chi connectivity index (χ1v) is 4.85. The molecule has 0 aliphatic carbocycles. The zero-order valence-electron chi connectivity index (χ0n) is 6.75. The Hall–Kier alpha value is -1.07. The van der Waals surface area contributed by atoms with Gasteiger partial charge in [-0.1, -0.05) is 16.8 Å². The van der Waals surface area contributed by atoms with Gasteiger partial charge < -0.3 is 0 Å². The molecule has 1 aromatic carbocycles. The summed E-state index contributed by atoms with van der Waals surface area (Å²) in [5.74, 6) is -0.219. The molecule has 0 fully saturated rings. The quantitative estimate of drug-likeness (QED) is 0.869. The fraction of sp³-hybridized carbons (Fsp3) is 0. The van der Waals surface area contributed by atoms with Crippen molar-refractivity contribution in [3.63, 3.8) is 0 Å². The lowest BCUT2D eigenvalue weighted by molar-refractivity contribution is 0.388. The predicted octanol–water partition coefficient (Wildman–Crippen LogP) is 2.45. The third-order valence-corrected chi connectivity index (χ3v) is 2.87. The molecule has 0 aliphatic heterocycles. The average molecular weight is 275 g/mol. The summed E-state index contributed by atoms with van der Waals surface area (Å²) in [6.07, 6.45) is 0. The normalized spacial score (nSPS) is 10.4. The van der Waals surface area contributed by atoms with E-state index in [9.17, 15) is 4.79 Å². The first kappa shape index (κ1) is 9.48. The highest BCUT2D eigenvalue weighted by Gasteiger charge is 2.05. The molecule has 1 N–H and O–H groups in total. The molecule has 0 aliphatic rings. The van der Waals surface area contributed by atoms with Gasteiger partial charge in [0.1, 0.15) is 0 Å². The number of hydrogen-bond acceptors (Lipinski definition) is 3. The van der Waals surface area contributed by atoms with Crippen molar-refractivity contribution in [2.45, 2.75) is 0 Å². The molecular formula is C8H4BrClN2O2. The number of nitrogens with zero attached hydrogens (tertiary/aromatic N) is 1. The molecule has 0 radical (unpaired) electrons. The molecule has 14 heavy (non-hydrogen) atoms. The minimum absolute atomic E-state index is 0.365. The maximum atomic E-state index is 10.7. The summed E-state index contributed by atoms with van der Waals surface area (Å²) in [5.41, 5.74) is 0.698. The van der Waals surface area contributed by atoms with Gasteiger partial charge in [-0.3, -0.25) is 9.51 Å². The van der Waals surface area contributed by atoms with Crippen molar-refractivity contribution < 1.29 is 4.52 Å². The maximum Gasteiger partial charge on any atom is 0.439 e. The van der Waals surface area contributed by atoms with Crippen LogP contribution in [0.15, 0.2) is 32.0 Å². The van der Waals surface area contributed by atoms with E-state index in [0.29, 0.717) is 16.4 Å². The lowest BCUT2D eigenvalue weighted by Crippen LogP contribution is -1.94. The van der Waals surface area contributed by atoms with Crippen LogP contribution in [0.3, 0.4) is 0 Å². The number of rotatable bonds is 1. The SMILES string of the molecule is O=c1[nH]c(-c2ccc(Br)c(Cl)c2)no1. The summed E-state index contributed by atoms with van der Waals surface area (Å²) in [5, 5.41) is 4.09. The zero-order valence-corrected chi connectivity index (χ0v) is 9.09. The van der Waals surface area contributed by atoms with Gasteiger partial charge in [0.05, 0.1) is 5.02 Å². The van der Waals surface area contributed by atoms with Gasteiger partial charge in [-0.2, -0.15) is 0 Å². The standard InChI is InChI=1S/C8H4BrClN2O2/c9-5-2-1-4(3-6(5)10)7-11-8(13)14-12-7/h1-3H,(H,11,12,13). The van der Waals surface area contributed by atoms with Crippen LogP contribution in [-0.2, 0) is 0 Å². The maximum absolute atomic E-state index is 10.7. The Labute approximate surface area is 92.0 Å². The monoisotopic (exact) mass is 274 g/mol. The van der Waals surface area contributed by atoms with E-state index < -0.39 is 5.76 Å². The number of halogens is 2. The van der Waals surface area contributed by atoms with Crippen LogP contribution in [-0.4, -0.2) is 10.1 Å². The van der Waals surface area contributed by atoms with Crippen LogP contribution in [0.4, 0.5) is 0 Å². The summed E-state index contributed by atoms with van der Waals surface area (Å²) < 4.78 is 5.16. The second kappa shape index (κ2) is 3.59. The van der Waals surface area contributed by atoms with Gasteiger partial charge in [0.15, 0.2) is 5.82 Å². The van der Waals surface area contributed by atoms with E-state index >= 15 is 0 Å². The lowest BCUT2D eigenvalue weighted by Gasteiger charge is -1.97. The molecule has 0 atom stereocenters. The lowest BCUT2D eigenvalue weighted by atomic mass is 10.2. The van der Waals surface area contributed by atoms with Gasteiger partial charge in [0, 0.05) is 10.0 Å². The van der Waals surface area contributed by atoms with Gasteiger partial charge in [-0.15, -0.1) is 0 Å². The number of H-pyrrole nitrogens is 1. The van der Waals surface area contributed by atoms with E-state index in [-0.39, 0.29) is 0 Å². The van der Waals surface area contributed by atoms with E-state index in [0.717, 1.165) is 4.47 Å². The highest BCUT2D eigenvalue weighted by molar-refractivity contribution is 9.10. The van der Waals surface area contributed by atoms with Crippen molar-refractivity contribution in [1.29, 1.82) is 0 Å². The van der Waals surface area contributed by atoms with Crippen LogP contribution in [0.1, 0.15) is 0 Å². The van der Waals surface area contributed by atoms with E-state index in [1.807, 2.05) is 0 Å². The first-order chi connectivity index (χ1) is 6.66. The molecule has 0 spiro atoms. The minimum Gasteiger partial charge on any atom is -0.296 e. The van der Waals surface area contributed by atoms with Gasteiger partial charge in [-0.05, 0) is 34.1 Å². The van der Waals surface area contributed by atoms with Gasteiger partial charge in [-0.25, -0.2) is 4.79 Å². The third-order valence-electron chi connectivity index (χ3n) is 1.63. The number of benzene rings is 1. The topological polar surface area (TPSA) is 58.9 Å². The van der Waals surface area contributed by atoms with Gasteiger partial charge in [0.25, 0.3) is 0 Å². The number of nitrogens with one attached hydrogen (secondary N) is 1. The Morgan fingerprint density at radius 1 is 1.50 bits per heavy atom. The number of aromatic nitrogens is 2. The van der Waals surface area contributed by atoms with Gasteiger partial charge in [0.2, 0.25) is 0 Å². The van der Waals surface area contributed by atoms with Gasteiger partial charge >= 0.3 is 5.76 Å². The highest BCUT2D eigenvalue weighted by Crippen LogP contribution is 2.26. The van der Waals surface area contributed by atoms with Crippen LogP contribution < -0.4 is 5.76 Å². The second-order valence-corrected chi connectivity index (χ2v) is 3.83. The van der Waals surface area contributed by atoms with Crippen LogP contribution >= 0.6 is 27.5 Å². The Bertz CT molecular complexity index is 520. The largest absolute Gasteiger partial charge is 0.439 e. The van der Waals surface area contributed by atoms with Crippen molar-refractivity contribution in [1.82, 2.24) is 10.1 Å². The summed E-state index contributed by atoms with van der Waals surface area (Å²) >= 11 is 9.13. The van der Waals surface area contributed by atoms with Crippen molar-refractivity contribution in [2.75, 3.05) is 0 Å². The van der Waals surface area contributed by atoms with Crippen molar-refractivity contribution in [2.24, 2.45) is 0 Å². The van der Waals surface area contributed by atoms with E-state index in [2.05, 4.69) is 30.6 Å². The summed E-state index contributed by atoms with van der Waals surface area (Å²) in [7, 11) is 0. The Morgan fingerprint density at radius 3 is 2.86 bits per heavy atom. The molecule has 0 saturated heterocycles. The van der Waals surface area contributed by atoms with E-state index in [1.165, 1.54) is 0 Å². The predicted molar refractivity (Wildman–Crippen MR) is 55.3 cm³/mol.